The van der Waals surface area contributed by atoms with Crippen molar-refractivity contribution >= 4 is 5.97 Å². The highest BCUT2D eigenvalue weighted by atomic mass is 16.5. The highest BCUT2D eigenvalue weighted by Crippen LogP contribution is 2.17. The van der Waals surface area contributed by atoms with Gasteiger partial charge in [0.05, 0.1) is 5.92 Å². The quantitative estimate of drug-likeness (QED) is 0.373. The summed E-state index contributed by atoms with van der Waals surface area (Å²) in [6, 6.07) is 8.04. The van der Waals surface area contributed by atoms with Crippen molar-refractivity contribution < 1.29 is 14.6 Å². The third-order valence-electron chi connectivity index (χ3n) is 4.83. The van der Waals surface area contributed by atoms with Crippen LogP contribution in [0.4, 0.5) is 0 Å². The monoisotopic (exact) mass is 348 g/mol. The minimum atomic E-state index is -0.749. The number of aryl methyl sites for hydroxylation is 1. The van der Waals surface area contributed by atoms with Gasteiger partial charge >= 0.3 is 5.97 Å². The first-order valence-corrected chi connectivity index (χ1v) is 10.0. The lowest BCUT2D eigenvalue weighted by Gasteiger charge is -2.14. The van der Waals surface area contributed by atoms with E-state index in [4.69, 9.17) is 4.74 Å². The van der Waals surface area contributed by atoms with Crippen LogP contribution in [0.1, 0.15) is 89.4 Å². The summed E-state index contributed by atoms with van der Waals surface area (Å²) in [4.78, 5) is 11.7. The predicted molar refractivity (Wildman–Crippen MR) is 104 cm³/mol. The van der Waals surface area contributed by atoms with E-state index in [1.54, 1.807) is 0 Å². The summed E-state index contributed by atoms with van der Waals surface area (Å²) >= 11 is 0. The maximum atomic E-state index is 11.7. The van der Waals surface area contributed by atoms with Gasteiger partial charge in [-0.05, 0) is 30.4 Å². The fourth-order valence-corrected chi connectivity index (χ4v) is 2.76. The molecule has 3 heteroatoms. The van der Waals surface area contributed by atoms with Crippen LogP contribution >= 0.6 is 0 Å². The van der Waals surface area contributed by atoms with Gasteiger partial charge in [-0.15, -0.1) is 0 Å². The van der Waals surface area contributed by atoms with E-state index in [-0.39, 0.29) is 18.5 Å². The highest BCUT2D eigenvalue weighted by Gasteiger charge is 2.15. The molecule has 0 aromatic heterocycles. The van der Waals surface area contributed by atoms with Gasteiger partial charge in [-0.2, -0.15) is 0 Å². The first kappa shape index (κ1) is 21.7. The van der Waals surface area contributed by atoms with Crippen LogP contribution in [0.3, 0.4) is 0 Å². The molecule has 1 N–H and O–H groups in total. The standard InChI is InChI=1S/C22H36O3/c1-4-6-7-8-9-10-11-12-19-13-15-20(16-14-19)21(23)17-25-22(24)18(3)5-2/h13-16,18,21,23H,4-12,17H2,1-3H3. The summed E-state index contributed by atoms with van der Waals surface area (Å²) in [5.41, 5.74) is 2.11. The maximum Gasteiger partial charge on any atom is 0.308 e. The van der Waals surface area contributed by atoms with Gasteiger partial charge in [-0.3, -0.25) is 4.79 Å². The van der Waals surface area contributed by atoms with Gasteiger partial charge in [0.15, 0.2) is 0 Å². The fraction of sp³-hybridized carbons (Fsp3) is 0.682. The Balaban J connectivity index is 2.27. The number of rotatable bonds is 13. The van der Waals surface area contributed by atoms with E-state index in [0.717, 1.165) is 18.4 Å². The van der Waals surface area contributed by atoms with Crippen LogP contribution in [-0.2, 0) is 16.0 Å². The molecule has 0 aliphatic carbocycles. The number of benzene rings is 1. The van der Waals surface area contributed by atoms with Crippen LogP contribution in [0.15, 0.2) is 24.3 Å². The van der Waals surface area contributed by atoms with Crippen molar-refractivity contribution in [2.24, 2.45) is 5.92 Å². The molecule has 2 unspecified atom stereocenters. The Hall–Kier alpha value is -1.35. The number of aliphatic hydroxyl groups excluding tert-OH is 1. The second-order valence-electron chi connectivity index (χ2n) is 7.07. The number of unbranched alkanes of at least 4 members (excludes halogenated alkanes) is 6. The molecule has 0 aliphatic heterocycles. The molecule has 0 aliphatic rings. The minimum Gasteiger partial charge on any atom is -0.462 e. The van der Waals surface area contributed by atoms with Crippen molar-refractivity contribution in [3.05, 3.63) is 35.4 Å². The molecule has 0 saturated carbocycles. The molecule has 3 nitrogen and oxygen atoms in total. The van der Waals surface area contributed by atoms with Crippen LogP contribution in [0.25, 0.3) is 0 Å². The molecule has 0 spiro atoms. The van der Waals surface area contributed by atoms with Crippen LogP contribution < -0.4 is 0 Å². The van der Waals surface area contributed by atoms with Crippen molar-refractivity contribution in [3.63, 3.8) is 0 Å². The van der Waals surface area contributed by atoms with E-state index in [9.17, 15) is 9.90 Å². The highest BCUT2D eigenvalue weighted by molar-refractivity contribution is 5.71. The van der Waals surface area contributed by atoms with E-state index >= 15 is 0 Å². The minimum absolute atomic E-state index is 0.0281. The fourth-order valence-electron chi connectivity index (χ4n) is 2.76. The molecule has 1 aromatic carbocycles. The first-order chi connectivity index (χ1) is 12.1. The van der Waals surface area contributed by atoms with Crippen molar-refractivity contribution in [2.75, 3.05) is 6.61 Å². The van der Waals surface area contributed by atoms with Crippen LogP contribution in [0.5, 0.6) is 0 Å². The number of hydrogen-bond acceptors (Lipinski definition) is 3. The van der Waals surface area contributed by atoms with Gasteiger partial charge in [0, 0.05) is 0 Å². The normalized spacial score (nSPS) is 13.4. The lowest BCUT2D eigenvalue weighted by molar-refractivity contribution is -0.151. The van der Waals surface area contributed by atoms with Crippen LogP contribution in [0, 0.1) is 5.92 Å². The smallest absolute Gasteiger partial charge is 0.308 e. The van der Waals surface area contributed by atoms with Crippen molar-refractivity contribution in [1.82, 2.24) is 0 Å². The van der Waals surface area contributed by atoms with E-state index in [2.05, 4.69) is 19.1 Å². The number of carbonyl (C=O) groups is 1. The molecule has 0 amide bonds. The number of hydrogen-bond donors (Lipinski definition) is 1. The molecule has 0 fully saturated rings. The molecule has 0 heterocycles. The van der Waals surface area contributed by atoms with Gasteiger partial charge in [-0.1, -0.05) is 83.6 Å². The topological polar surface area (TPSA) is 46.5 Å². The zero-order valence-electron chi connectivity index (χ0n) is 16.3. The Labute approximate surface area is 153 Å². The molecule has 1 rings (SSSR count). The zero-order chi connectivity index (χ0) is 18.5. The Bertz CT molecular complexity index is 467. The number of aliphatic hydroxyl groups is 1. The van der Waals surface area contributed by atoms with Gasteiger partial charge < -0.3 is 9.84 Å². The molecule has 0 bridgehead atoms. The van der Waals surface area contributed by atoms with E-state index in [1.807, 2.05) is 26.0 Å². The zero-order valence-corrected chi connectivity index (χ0v) is 16.3. The third-order valence-corrected chi connectivity index (χ3v) is 4.83. The Morgan fingerprint density at radius 3 is 2.20 bits per heavy atom. The predicted octanol–water partition coefficient (Wildman–Crippen LogP) is 5.60. The summed E-state index contributed by atoms with van der Waals surface area (Å²) in [6.45, 7) is 6.07. The number of ether oxygens (including phenoxy) is 1. The van der Waals surface area contributed by atoms with Gasteiger partial charge in [0.1, 0.15) is 12.7 Å². The van der Waals surface area contributed by atoms with Crippen molar-refractivity contribution in [1.29, 1.82) is 0 Å². The van der Waals surface area contributed by atoms with Crippen LogP contribution in [-0.4, -0.2) is 17.7 Å². The average Bonchev–Trinajstić information content (AvgIpc) is 2.64. The van der Waals surface area contributed by atoms with E-state index < -0.39 is 6.10 Å². The molecule has 1 aromatic rings. The average molecular weight is 349 g/mol. The van der Waals surface area contributed by atoms with Gasteiger partial charge in [0.2, 0.25) is 0 Å². The van der Waals surface area contributed by atoms with Gasteiger partial charge in [-0.25, -0.2) is 0 Å². The summed E-state index contributed by atoms with van der Waals surface area (Å²) < 4.78 is 5.17. The molecule has 0 radical (unpaired) electrons. The van der Waals surface area contributed by atoms with Crippen LogP contribution in [0.2, 0.25) is 0 Å². The second-order valence-corrected chi connectivity index (χ2v) is 7.07. The largest absolute Gasteiger partial charge is 0.462 e. The van der Waals surface area contributed by atoms with Gasteiger partial charge in [0.25, 0.3) is 0 Å². The Morgan fingerprint density at radius 2 is 1.60 bits per heavy atom. The SMILES string of the molecule is CCCCCCCCCc1ccc(C(O)COC(=O)C(C)CC)cc1. The number of carbonyl (C=O) groups excluding carboxylic acids is 1. The Morgan fingerprint density at radius 1 is 1.00 bits per heavy atom. The van der Waals surface area contributed by atoms with E-state index in [1.165, 1.54) is 50.5 Å². The molecule has 0 saturated heterocycles. The summed E-state index contributed by atoms with van der Waals surface area (Å²) in [7, 11) is 0. The second kappa shape index (κ2) is 12.9. The molecule has 25 heavy (non-hydrogen) atoms. The summed E-state index contributed by atoms with van der Waals surface area (Å²) in [5, 5.41) is 10.2. The summed E-state index contributed by atoms with van der Waals surface area (Å²) in [5.74, 6) is -0.353. The molecular formula is C22H36O3. The van der Waals surface area contributed by atoms with E-state index in [0.29, 0.717) is 0 Å². The Kier molecular flexibility index (Phi) is 11.2. The third kappa shape index (κ3) is 9.06. The number of esters is 1. The maximum absolute atomic E-state index is 11.7. The first-order valence-electron chi connectivity index (χ1n) is 10.0. The molecular weight excluding hydrogens is 312 g/mol. The summed E-state index contributed by atoms with van der Waals surface area (Å²) in [6.07, 6.45) is 10.3. The lowest BCUT2D eigenvalue weighted by Crippen LogP contribution is -2.18. The van der Waals surface area contributed by atoms with Crippen molar-refractivity contribution in [2.45, 2.75) is 84.7 Å². The lowest BCUT2D eigenvalue weighted by atomic mass is 10.0. The molecule has 142 valence electrons. The van der Waals surface area contributed by atoms with Crippen molar-refractivity contribution in [3.8, 4) is 0 Å². The molecule has 2 atom stereocenters.